The highest BCUT2D eigenvalue weighted by Crippen LogP contribution is 2.24. The first kappa shape index (κ1) is 16.4. The molecule has 2 heterocycles. The van der Waals surface area contributed by atoms with Gasteiger partial charge in [0.05, 0.1) is 6.04 Å². The second-order valence-electron chi connectivity index (χ2n) is 6.48. The van der Waals surface area contributed by atoms with E-state index in [2.05, 4.69) is 5.32 Å². The molecule has 0 spiro atoms. The summed E-state index contributed by atoms with van der Waals surface area (Å²) in [5.41, 5.74) is 0.720. The molecule has 2 saturated heterocycles. The highest BCUT2D eigenvalue weighted by atomic mass is 19.1. The van der Waals surface area contributed by atoms with Crippen LogP contribution in [0.5, 0.6) is 0 Å². The summed E-state index contributed by atoms with van der Waals surface area (Å²) >= 11 is 0. The fraction of sp³-hybridized carbons (Fsp3) is 0.471. The Bertz CT molecular complexity index is 706. The summed E-state index contributed by atoms with van der Waals surface area (Å²) in [6.07, 6.45) is 0.622. The van der Waals surface area contributed by atoms with Crippen LogP contribution in [0.3, 0.4) is 0 Å². The smallest absolute Gasteiger partial charge is 0.254 e. The molecule has 0 bridgehead atoms. The number of nitrogens with zero attached hydrogens (tertiary/aromatic N) is 2. The molecule has 1 N–H and O–H groups in total. The number of piperazine rings is 1. The molecule has 3 amide bonds. The van der Waals surface area contributed by atoms with E-state index in [0.717, 1.165) is 0 Å². The molecule has 3 rings (SSSR count). The van der Waals surface area contributed by atoms with Gasteiger partial charge in [-0.3, -0.25) is 14.4 Å². The van der Waals surface area contributed by atoms with E-state index in [0.29, 0.717) is 25.1 Å². The summed E-state index contributed by atoms with van der Waals surface area (Å²) in [7, 11) is 0. The average Bonchev–Trinajstić information content (AvgIpc) is 2.91. The summed E-state index contributed by atoms with van der Waals surface area (Å²) in [4.78, 5) is 39.3. The van der Waals surface area contributed by atoms with Gasteiger partial charge in [0.25, 0.3) is 5.91 Å². The van der Waals surface area contributed by atoms with E-state index in [4.69, 9.17) is 0 Å². The highest BCUT2D eigenvalue weighted by molar-refractivity contribution is 5.97. The van der Waals surface area contributed by atoms with E-state index in [1.165, 1.54) is 17.9 Å². The summed E-state index contributed by atoms with van der Waals surface area (Å²) in [5.74, 6) is -1.04. The van der Waals surface area contributed by atoms with E-state index in [9.17, 15) is 18.8 Å². The predicted octanol–water partition coefficient (Wildman–Crippen LogP) is 0.696. The molecule has 0 radical (unpaired) electrons. The maximum atomic E-state index is 13.7. The van der Waals surface area contributed by atoms with Crippen LogP contribution in [0.2, 0.25) is 0 Å². The lowest BCUT2D eigenvalue weighted by Crippen LogP contribution is -2.55. The normalized spacial score (nSPS) is 23.2. The summed E-state index contributed by atoms with van der Waals surface area (Å²) in [6, 6.07) is 4.16. The molecule has 0 unspecified atom stereocenters. The van der Waals surface area contributed by atoms with Crippen LogP contribution in [0.4, 0.5) is 4.39 Å². The van der Waals surface area contributed by atoms with Gasteiger partial charge in [-0.15, -0.1) is 0 Å². The quantitative estimate of drug-likeness (QED) is 0.866. The van der Waals surface area contributed by atoms with Gasteiger partial charge in [0, 0.05) is 31.6 Å². The number of carbonyl (C=O) groups is 3. The maximum Gasteiger partial charge on any atom is 0.254 e. The number of hydrogen-bond acceptors (Lipinski definition) is 3. The van der Waals surface area contributed by atoms with Crippen LogP contribution in [0, 0.1) is 12.7 Å². The Morgan fingerprint density at radius 3 is 2.71 bits per heavy atom. The van der Waals surface area contributed by atoms with E-state index in [-0.39, 0.29) is 41.9 Å². The zero-order valence-corrected chi connectivity index (χ0v) is 13.7. The number of hydrogen-bond donors (Lipinski definition) is 1. The van der Waals surface area contributed by atoms with Crippen molar-refractivity contribution in [3.05, 3.63) is 35.1 Å². The SMILES string of the molecule is CC(=O)N[C@H]1C[C@H]2CN(C(=O)c3ccc(C)c(F)c3)CC(=O)N2C1. The summed E-state index contributed by atoms with van der Waals surface area (Å²) in [6.45, 7) is 3.94. The Kier molecular flexibility index (Phi) is 4.26. The third-order valence-corrected chi connectivity index (χ3v) is 4.61. The summed E-state index contributed by atoms with van der Waals surface area (Å²) < 4.78 is 13.7. The number of aryl methyl sites for hydroxylation is 1. The molecule has 0 aromatic heterocycles. The van der Waals surface area contributed by atoms with Gasteiger partial charge in [-0.1, -0.05) is 6.07 Å². The topological polar surface area (TPSA) is 69.7 Å². The predicted molar refractivity (Wildman–Crippen MR) is 84.8 cm³/mol. The lowest BCUT2D eigenvalue weighted by Gasteiger charge is -2.36. The largest absolute Gasteiger partial charge is 0.352 e. The monoisotopic (exact) mass is 333 g/mol. The lowest BCUT2D eigenvalue weighted by molar-refractivity contribution is -0.136. The van der Waals surface area contributed by atoms with Crippen molar-refractivity contribution in [1.29, 1.82) is 0 Å². The minimum atomic E-state index is -0.433. The molecule has 2 aliphatic heterocycles. The molecule has 2 fully saturated rings. The molecule has 128 valence electrons. The van der Waals surface area contributed by atoms with Gasteiger partial charge >= 0.3 is 0 Å². The molecule has 0 saturated carbocycles. The third kappa shape index (κ3) is 3.11. The first-order valence-corrected chi connectivity index (χ1v) is 7.97. The number of carbonyl (C=O) groups excluding carboxylic acids is 3. The van der Waals surface area contributed by atoms with Crippen molar-refractivity contribution in [2.45, 2.75) is 32.4 Å². The van der Waals surface area contributed by atoms with Gasteiger partial charge in [-0.25, -0.2) is 4.39 Å². The van der Waals surface area contributed by atoms with Crippen molar-refractivity contribution in [2.24, 2.45) is 0 Å². The van der Waals surface area contributed by atoms with Gasteiger partial charge in [-0.2, -0.15) is 0 Å². The Morgan fingerprint density at radius 2 is 2.04 bits per heavy atom. The van der Waals surface area contributed by atoms with Crippen LogP contribution in [-0.2, 0) is 9.59 Å². The molecule has 2 aliphatic rings. The number of benzene rings is 1. The zero-order valence-electron chi connectivity index (χ0n) is 13.7. The molecule has 2 atom stereocenters. The van der Waals surface area contributed by atoms with Crippen LogP contribution in [-0.4, -0.2) is 59.2 Å². The van der Waals surface area contributed by atoms with Crippen LogP contribution >= 0.6 is 0 Å². The number of rotatable bonds is 2. The maximum absolute atomic E-state index is 13.7. The van der Waals surface area contributed by atoms with Crippen molar-refractivity contribution in [1.82, 2.24) is 15.1 Å². The van der Waals surface area contributed by atoms with Gasteiger partial charge < -0.3 is 15.1 Å². The van der Waals surface area contributed by atoms with Crippen LogP contribution in [0.1, 0.15) is 29.3 Å². The summed E-state index contributed by atoms with van der Waals surface area (Å²) in [5, 5.41) is 2.82. The van der Waals surface area contributed by atoms with Gasteiger partial charge in [-0.05, 0) is 31.0 Å². The minimum absolute atomic E-state index is 0.0162. The molecule has 6 nitrogen and oxygen atoms in total. The lowest BCUT2D eigenvalue weighted by atomic mass is 10.1. The van der Waals surface area contributed by atoms with Crippen LogP contribution in [0.25, 0.3) is 0 Å². The van der Waals surface area contributed by atoms with E-state index in [1.807, 2.05) is 0 Å². The second kappa shape index (κ2) is 6.22. The Morgan fingerprint density at radius 1 is 1.29 bits per heavy atom. The third-order valence-electron chi connectivity index (χ3n) is 4.61. The Labute approximate surface area is 139 Å². The van der Waals surface area contributed by atoms with Gasteiger partial charge in [0.15, 0.2) is 0 Å². The van der Waals surface area contributed by atoms with Gasteiger partial charge in [0.2, 0.25) is 11.8 Å². The van der Waals surface area contributed by atoms with Crippen molar-refractivity contribution in [3.63, 3.8) is 0 Å². The Hall–Kier alpha value is -2.44. The standard InChI is InChI=1S/C17H20FN3O3/c1-10-3-4-12(5-15(10)18)17(24)20-8-14-6-13(19-11(2)22)7-21(14)16(23)9-20/h3-5,13-14H,6-9H2,1-2H3,(H,19,22)/t13-,14-/m0/s1. The number of nitrogens with one attached hydrogen (secondary N) is 1. The van der Waals surface area contributed by atoms with E-state index >= 15 is 0 Å². The Balaban J connectivity index is 1.72. The van der Waals surface area contributed by atoms with Crippen molar-refractivity contribution >= 4 is 17.7 Å². The molecule has 1 aromatic carbocycles. The molecule has 7 heteroatoms. The first-order valence-electron chi connectivity index (χ1n) is 7.97. The fourth-order valence-electron chi connectivity index (χ4n) is 3.42. The molecule has 0 aliphatic carbocycles. The minimum Gasteiger partial charge on any atom is -0.352 e. The highest BCUT2D eigenvalue weighted by Gasteiger charge is 2.41. The average molecular weight is 333 g/mol. The second-order valence-corrected chi connectivity index (χ2v) is 6.48. The molecule has 24 heavy (non-hydrogen) atoms. The molecular weight excluding hydrogens is 313 g/mol. The molecular formula is C17H20FN3O3. The van der Waals surface area contributed by atoms with Crippen LogP contribution in [0.15, 0.2) is 18.2 Å². The van der Waals surface area contributed by atoms with E-state index < -0.39 is 5.82 Å². The van der Waals surface area contributed by atoms with Crippen LogP contribution < -0.4 is 5.32 Å². The first-order chi connectivity index (χ1) is 11.3. The number of fused-ring (bicyclic) bond motifs is 1. The fourth-order valence-corrected chi connectivity index (χ4v) is 3.42. The zero-order chi connectivity index (χ0) is 17.4. The van der Waals surface area contributed by atoms with Gasteiger partial charge in [0.1, 0.15) is 12.4 Å². The van der Waals surface area contributed by atoms with Crippen molar-refractivity contribution in [3.8, 4) is 0 Å². The number of halogens is 1. The van der Waals surface area contributed by atoms with Crippen molar-refractivity contribution in [2.75, 3.05) is 19.6 Å². The van der Waals surface area contributed by atoms with Crippen molar-refractivity contribution < 1.29 is 18.8 Å². The number of amides is 3. The van der Waals surface area contributed by atoms with E-state index in [1.54, 1.807) is 24.0 Å². The molecule has 1 aromatic rings.